The van der Waals surface area contributed by atoms with Crippen LogP contribution >= 0.6 is 0 Å². The molecule has 0 saturated carbocycles. The van der Waals surface area contributed by atoms with Gasteiger partial charge in [-0.05, 0) is 18.2 Å². The summed E-state index contributed by atoms with van der Waals surface area (Å²) in [5.41, 5.74) is 1.30. The van der Waals surface area contributed by atoms with E-state index >= 15 is 0 Å². The molecule has 0 atom stereocenters. The van der Waals surface area contributed by atoms with Gasteiger partial charge in [0.15, 0.2) is 0 Å². The lowest BCUT2D eigenvalue weighted by Gasteiger charge is -2.17. The number of carbonyl (C=O) groups excluding carboxylic acids is 1. The molecule has 1 heterocycles. The van der Waals surface area contributed by atoms with Gasteiger partial charge in [-0.25, -0.2) is 4.68 Å². The van der Waals surface area contributed by atoms with E-state index in [0.29, 0.717) is 12.1 Å². The van der Waals surface area contributed by atoms with Crippen molar-refractivity contribution in [3.8, 4) is 5.69 Å². The third-order valence-corrected chi connectivity index (χ3v) is 2.67. The molecular formula is C13H15N3O2. The Morgan fingerprint density at radius 1 is 1.39 bits per heavy atom. The van der Waals surface area contributed by atoms with Crippen LogP contribution in [0.4, 0.5) is 0 Å². The van der Waals surface area contributed by atoms with Crippen LogP contribution in [0.3, 0.4) is 0 Å². The third-order valence-electron chi connectivity index (χ3n) is 2.67. The fourth-order valence-electron chi connectivity index (χ4n) is 1.72. The predicted molar refractivity (Wildman–Crippen MR) is 67.6 cm³/mol. The molecule has 0 radical (unpaired) electrons. The van der Waals surface area contributed by atoms with Gasteiger partial charge in [0.05, 0.1) is 17.9 Å². The zero-order valence-electron chi connectivity index (χ0n) is 10.2. The van der Waals surface area contributed by atoms with E-state index in [4.69, 9.17) is 5.11 Å². The Morgan fingerprint density at radius 3 is 2.83 bits per heavy atom. The normalized spacial score (nSPS) is 10.3. The molecule has 94 valence electrons. The predicted octanol–water partition coefficient (Wildman–Crippen LogP) is 0.937. The summed E-state index contributed by atoms with van der Waals surface area (Å²) in [5, 5.41) is 13.0. The Morgan fingerprint density at radius 2 is 2.17 bits per heavy atom. The van der Waals surface area contributed by atoms with Crippen LogP contribution in [0.25, 0.3) is 5.69 Å². The lowest BCUT2D eigenvalue weighted by atomic mass is 10.1. The highest BCUT2D eigenvalue weighted by Gasteiger charge is 2.15. The van der Waals surface area contributed by atoms with Crippen LogP contribution in [-0.4, -0.2) is 45.9 Å². The second kappa shape index (κ2) is 5.46. The minimum atomic E-state index is -0.129. The van der Waals surface area contributed by atoms with Gasteiger partial charge in [-0.15, -0.1) is 0 Å². The first-order valence-corrected chi connectivity index (χ1v) is 5.69. The van der Waals surface area contributed by atoms with E-state index in [2.05, 4.69) is 5.10 Å². The molecule has 1 aromatic carbocycles. The Labute approximate surface area is 105 Å². The Hall–Kier alpha value is -2.14. The smallest absolute Gasteiger partial charge is 0.255 e. The molecule has 0 aliphatic heterocycles. The fraction of sp³-hybridized carbons (Fsp3) is 0.231. The number of nitrogens with zero attached hydrogens (tertiary/aromatic N) is 3. The number of carbonyl (C=O) groups is 1. The van der Waals surface area contributed by atoms with Gasteiger partial charge in [0.2, 0.25) is 0 Å². The number of likely N-dealkylation sites (N-methyl/N-ethyl adjacent to an activating group) is 1. The summed E-state index contributed by atoms with van der Waals surface area (Å²) in [7, 11) is 1.67. The molecule has 2 rings (SSSR count). The second-order valence-electron chi connectivity index (χ2n) is 3.92. The van der Waals surface area contributed by atoms with E-state index in [0.717, 1.165) is 5.69 Å². The highest BCUT2D eigenvalue weighted by Crippen LogP contribution is 2.15. The van der Waals surface area contributed by atoms with Crippen LogP contribution in [0.5, 0.6) is 0 Å². The van der Waals surface area contributed by atoms with Gasteiger partial charge in [-0.1, -0.05) is 12.1 Å². The second-order valence-corrected chi connectivity index (χ2v) is 3.92. The SMILES string of the molecule is CN(CCO)C(=O)c1ccccc1-n1cccn1. The van der Waals surface area contributed by atoms with E-state index in [1.165, 1.54) is 4.90 Å². The highest BCUT2D eigenvalue weighted by molar-refractivity contribution is 5.97. The van der Waals surface area contributed by atoms with Crippen molar-refractivity contribution in [1.29, 1.82) is 0 Å². The van der Waals surface area contributed by atoms with Gasteiger partial charge in [0.25, 0.3) is 5.91 Å². The first-order valence-electron chi connectivity index (χ1n) is 5.69. The summed E-state index contributed by atoms with van der Waals surface area (Å²) in [6.07, 6.45) is 3.46. The summed E-state index contributed by atoms with van der Waals surface area (Å²) in [4.78, 5) is 13.7. The van der Waals surface area contributed by atoms with Gasteiger partial charge in [0, 0.05) is 26.0 Å². The maximum absolute atomic E-state index is 12.2. The van der Waals surface area contributed by atoms with Gasteiger partial charge in [-0.3, -0.25) is 4.79 Å². The first-order chi connectivity index (χ1) is 8.74. The van der Waals surface area contributed by atoms with Crippen molar-refractivity contribution < 1.29 is 9.90 Å². The number of aliphatic hydroxyl groups excluding tert-OH is 1. The molecule has 1 amide bonds. The molecule has 0 aliphatic carbocycles. The summed E-state index contributed by atoms with van der Waals surface area (Å²) >= 11 is 0. The monoisotopic (exact) mass is 245 g/mol. The summed E-state index contributed by atoms with van der Waals surface area (Å²) in [6.45, 7) is 0.262. The van der Waals surface area contributed by atoms with Crippen LogP contribution in [0.1, 0.15) is 10.4 Å². The number of hydrogen-bond acceptors (Lipinski definition) is 3. The molecule has 1 N–H and O–H groups in total. The lowest BCUT2D eigenvalue weighted by Crippen LogP contribution is -2.30. The molecular weight excluding hydrogens is 230 g/mol. The number of hydrogen-bond donors (Lipinski definition) is 1. The molecule has 5 heteroatoms. The molecule has 18 heavy (non-hydrogen) atoms. The van der Waals surface area contributed by atoms with Crippen molar-refractivity contribution in [2.24, 2.45) is 0 Å². The summed E-state index contributed by atoms with van der Waals surface area (Å²) in [6, 6.07) is 9.08. The van der Waals surface area contributed by atoms with Crippen LogP contribution in [-0.2, 0) is 0 Å². The van der Waals surface area contributed by atoms with Crippen LogP contribution in [0.15, 0.2) is 42.7 Å². The van der Waals surface area contributed by atoms with Crippen LogP contribution in [0.2, 0.25) is 0 Å². The van der Waals surface area contributed by atoms with Crippen LogP contribution in [0, 0.1) is 0 Å². The topological polar surface area (TPSA) is 58.4 Å². The minimum absolute atomic E-state index is 0.0494. The minimum Gasteiger partial charge on any atom is -0.395 e. The largest absolute Gasteiger partial charge is 0.395 e. The zero-order chi connectivity index (χ0) is 13.0. The number of para-hydroxylation sites is 1. The van der Waals surface area contributed by atoms with Crippen molar-refractivity contribution in [2.45, 2.75) is 0 Å². The van der Waals surface area contributed by atoms with Gasteiger partial charge in [-0.2, -0.15) is 5.10 Å². The van der Waals surface area contributed by atoms with Crippen molar-refractivity contribution >= 4 is 5.91 Å². The maximum Gasteiger partial charge on any atom is 0.255 e. The van der Waals surface area contributed by atoms with E-state index in [1.54, 1.807) is 36.3 Å². The van der Waals surface area contributed by atoms with Crippen molar-refractivity contribution in [3.63, 3.8) is 0 Å². The lowest BCUT2D eigenvalue weighted by molar-refractivity contribution is 0.0767. The van der Waals surface area contributed by atoms with Crippen molar-refractivity contribution in [2.75, 3.05) is 20.2 Å². The Balaban J connectivity index is 2.36. The molecule has 0 fully saturated rings. The van der Waals surface area contributed by atoms with Gasteiger partial charge >= 0.3 is 0 Å². The summed E-state index contributed by atoms with van der Waals surface area (Å²) < 4.78 is 1.65. The van der Waals surface area contributed by atoms with Crippen molar-refractivity contribution in [3.05, 3.63) is 48.3 Å². The van der Waals surface area contributed by atoms with Gasteiger partial charge in [0.1, 0.15) is 0 Å². The first kappa shape index (κ1) is 12.3. The highest BCUT2D eigenvalue weighted by atomic mass is 16.3. The number of rotatable bonds is 4. The number of amides is 1. The molecule has 1 aromatic heterocycles. The quantitative estimate of drug-likeness (QED) is 0.872. The van der Waals surface area contributed by atoms with Crippen LogP contribution < -0.4 is 0 Å². The van der Waals surface area contributed by atoms with Gasteiger partial charge < -0.3 is 10.0 Å². The molecule has 0 saturated heterocycles. The molecule has 0 bridgehead atoms. The zero-order valence-corrected chi connectivity index (χ0v) is 10.2. The number of aliphatic hydroxyl groups is 1. The Kier molecular flexibility index (Phi) is 3.74. The summed E-state index contributed by atoms with van der Waals surface area (Å²) in [5.74, 6) is -0.129. The van der Waals surface area contributed by atoms with E-state index in [1.807, 2.05) is 18.2 Å². The molecule has 2 aromatic rings. The molecule has 0 aliphatic rings. The standard InChI is InChI=1S/C13H15N3O2/c1-15(9-10-17)13(18)11-5-2-3-6-12(11)16-8-4-7-14-16/h2-8,17H,9-10H2,1H3. The number of aromatic nitrogens is 2. The number of benzene rings is 1. The Bertz CT molecular complexity index is 523. The van der Waals surface area contributed by atoms with E-state index in [9.17, 15) is 4.79 Å². The molecule has 0 unspecified atom stereocenters. The van der Waals surface area contributed by atoms with Crippen molar-refractivity contribution in [1.82, 2.24) is 14.7 Å². The fourth-order valence-corrected chi connectivity index (χ4v) is 1.72. The average Bonchev–Trinajstić information content (AvgIpc) is 2.92. The third kappa shape index (κ3) is 2.41. The molecule has 5 nitrogen and oxygen atoms in total. The maximum atomic E-state index is 12.2. The van der Waals surface area contributed by atoms with E-state index in [-0.39, 0.29) is 12.5 Å². The molecule has 0 spiro atoms. The average molecular weight is 245 g/mol. The van der Waals surface area contributed by atoms with E-state index < -0.39 is 0 Å².